The zero-order valence-corrected chi connectivity index (χ0v) is 5.56. The van der Waals surface area contributed by atoms with Crippen LogP contribution in [0.25, 0.3) is 0 Å². The summed E-state index contributed by atoms with van der Waals surface area (Å²) >= 11 is 0. The Bertz CT molecular complexity index is 277. The summed E-state index contributed by atoms with van der Waals surface area (Å²) in [6, 6.07) is 0. The molecule has 0 unspecified atom stereocenters. The first kappa shape index (κ1) is 6.50. The van der Waals surface area contributed by atoms with E-state index in [1.165, 1.54) is 0 Å². The maximum atomic E-state index is 10.3. The highest BCUT2D eigenvalue weighted by Gasteiger charge is 2.14. The Morgan fingerprint density at radius 3 is 2.56 bits per heavy atom. The number of hydrogen-bond donors (Lipinski definition) is 0. The second-order valence-electron chi connectivity index (χ2n) is 1.17. The maximum absolute atomic E-state index is 10.3. The van der Waals surface area contributed by atoms with E-state index in [1.54, 1.807) is 0 Å². The van der Waals surface area contributed by atoms with E-state index in [0.717, 1.165) is 6.20 Å². The van der Waals surface area contributed by atoms with Gasteiger partial charge in [0, 0.05) is 16.0 Å². The molecule has 7 heteroatoms. The van der Waals surface area contributed by atoms with Crippen LogP contribution in [0.15, 0.2) is 15.8 Å². The van der Waals surface area contributed by atoms with Crippen molar-refractivity contribution in [3.05, 3.63) is 6.20 Å². The SMILES string of the molecule is O=S(=O)(Cl)c1cnno1. The number of halogens is 1. The summed E-state index contributed by atoms with van der Waals surface area (Å²) < 4.78 is 24.7. The average molecular weight is 169 g/mol. The van der Waals surface area contributed by atoms with Gasteiger partial charge in [0.1, 0.15) is 6.20 Å². The van der Waals surface area contributed by atoms with Crippen molar-refractivity contribution in [3.8, 4) is 0 Å². The van der Waals surface area contributed by atoms with E-state index in [1.807, 2.05) is 0 Å². The minimum Gasteiger partial charge on any atom is -0.324 e. The molecule has 0 atom stereocenters. The van der Waals surface area contributed by atoms with Crippen LogP contribution < -0.4 is 0 Å². The van der Waals surface area contributed by atoms with Crippen LogP contribution in [0.2, 0.25) is 0 Å². The zero-order chi connectivity index (χ0) is 6.91. The molecule has 0 bridgehead atoms. The fraction of sp³-hybridized carbons (Fsp3) is 0. The number of hydrogen-bond acceptors (Lipinski definition) is 5. The molecule has 0 saturated heterocycles. The Kier molecular flexibility index (Phi) is 1.42. The van der Waals surface area contributed by atoms with E-state index in [-0.39, 0.29) is 0 Å². The molecule has 1 heterocycles. The first-order chi connectivity index (χ1) is 4.11. The molecule has 0 fully saturated rings. The molecule has 0 amide bonds. The summed E-state index contributed by atoms with van der Waals surface area (Å²) in [7, 11) is 1.02. The van der Waals surface area contributed by atoms with Gasteiger partial charge in [0.25, 0.3) is 14.1 Å². The summed E-state index contributed by atoms with van der Waals surface area (Å²) in [5.41, 5.74) is 0. The molecule has 1 rings (SSSR count). The van der Waals surface area contributed by atoms with Gasteiger partial charge < -0.3 is 4.52 Å². The molecular formula is C2HClN2O3S. The fourth-order valence-corrected chi connectivity index (χ4v) is 0.765. The summed E-state index contributed by atoms with van der Waals surface area (Å²) in [5, 5.41) is 5.57. The molecule has 50 valence electrons. The Morgan fingerprint density at radius 2 is 2.33 bits per heavy atom. The van der Waals surface area contributed by atoms with E-state index < -0.39 is 14.1 Å². The van der Waals surface area contributed by atoms with Gasteiger partial charge in [-0.15, -0.1) is 5.10 Å². The van der Waals surface area contributed by atoms with Crippen molar-refractivity contribution < 1.29 is 12.9 Å². The third-order valence-electron chi connectivity index (χ3n) is 0.581. The van der Waals surface area contributed by atoms with Gasteiger partial charge in [-0.1, -0.05) is 0 Å². The minimum absolute atomic E-state index is 0.441. The maximum Gasteiger partial charge on any atom is 0.298 e. The van der Waals surface area contributed by atoms with E-state index in [0.29, 0.717) is 0 Å². The minimum atomic E-state index is -3.78. The second-order valence-corrected chi connectivity index (χ2v) is 3.67. The standard InChI is InChI=1S/C2HClN2O3S/c3-9(6,7)2-1-4-5-8-2/h1H. The first-order valence-electron chi connectivity index (χ1n) is 1.83. The lowest BCUT2D eigenvalue weighted by Crippen LogP contribution is -1.85. The molecule has 5 nitrogen and oxygen atoms in total. The molecular weight excluding hydrogens is 168 g/mol. The van der Waals surface area contributed by atoms with Gasteiger partial charge >= 0.3 is 0 Å². The molecule has 1 aromatic heterocycles. The highest BCUT2D eigenvalue weighted by atomic mass is 35.7. The molecule has 0 N–H and O–H groups in total. The van der Waals surface area contributed by atoms with Crippen LogP contribution in [0.3, 0.4) is 0 Å². The molecule has 0 aliphatic heterocycles. The molecule has 0 radical (unpaired) electrons. The summed E-state index contributed by atoms with van der Waals surface area (Å²) in [4.78, 5) is 0. The monoisotopic (exact) mass is 168 g/mol. The molecule has 9 heavy (non-hydrogen) atoms. The predicted octanol–water partition coefficient (Wildman–Crippen LogP) is -0.00290. The fourth-order valence-electron chi connectivity index (χ4n) is 0.266. The molecule has 0 aromatic carbocycles. The average Bonchev–Trinajstić information content (AvgIpc) is 2.08. The Balaban J connectivity index is 3.20. The van der Waals surface area contributed by atoms with E-state index in [4.69, 9.17) is 10.7 Å². The van der Waals surface area contributed by atoms with Gasteiger partial charge in [-0.25, -0.2) is 8.42 Å². The molecule has 0 aliphatic carbocycles. The summed E-state index contributed by atoms with van der Waals surface area (Å²) in [5.74, 6) is 0. The smallest absolute Gasteiger partial charge is 0.298 e. The van der Waals surface area contributed by atoms with Crippen LogP contribution in [-0.4, -0.2) is 18.8 Å². The number of aromatic nitrogens is 2. The van der Waals surface area contributed by atoms with Gasteiger partial charge in [-0.3, -0.25) is 0 Å². The van der Waals surface area contributed by atoms with Gasteiger partial charge in [-0.2, -0.15) is 0 Å². The summed E-state index contributed by atoms with van der Waals surface area (Å²) in [6.07, 6.45) is 0.919. The molecule has 1 aromatic rings. The number of nitrogens with zero attached hydrogens (tertiary/aromatic N) is 2. The third-order valence-corrected chi connectivity index (χ3v) is 1.70. The zero-order valence-electron chi connectivity index (χ0n) is 3.98. The Hall–Kier alpha value is -0.620. The van der Waals surface area contributed by atoms with Gasteiger partial charge in [0.2, 0.25) is 0 Å². The Labute approximate surface area is 55.0 Å². The van der Waals surface area contributed by atoms with E-state index >= 15 is 0 Å². The van der Waals surface area contributed by atoms with Crippen LogP contribution in [0, 0.1) is 0 Å². The van der Waals surface area contributed by atoms with Crippen LogP contribution in [-0.2, 0) is 9.05 Å². The lowest BCUT2D eigenvalue weighted by molar-refractivity contribution is 0.324. The quantitative estimate of drug-likeness (QED) is 0.552. The molecule has 0 aliphatic rings. The highest BCUT2D eigenvalue weighted by Crippen LogP contribution is 2.10. The van der Waals surface area contributed by atoms with Crippen molar-refractivity contribution in [2.45, 2.75) is 5.09 Å². The highest BCUT2D eigenvalue weighted by molar-refractivity contribution is 8.13. The molecule has 0 spiro atoms. The molecule has 0 saturated carbocycles. The van der Waals surface area contributed by atoms with Crippen LogP contribution in [0.4, 0.5) is 0 Å². The van der Waals surface area contributed by atoms with Crippen molar-refractivity contribution in [1.82, 2.24) is 10.4 Å². The van der Waals surface area contributed by atoms with E-state index in [2.05, 4.69) is 14.9 Å². The van der Waals surface area contributed by atoms with Crippen LogP contribution >= 0.6 is 10.7 Å². The predicted molar refractivity (Wildman–Crippen MR) is 27.3 cm³/mol. The van der Waals surface area contributed by atoms with Crippen molar-refractivity contribution in [2.24, 2.45) is 0 Å². The Morgan fingerprint density at radius 1 is 1.67 bits per heavy atom. The summed E-state index contributed by atoms with van der Waals surface area (Å²) in [6.45, 7) is 0. The van der Waals surface area contributed by atoms with Crippen LogP contribution in [0.1, 0.15) is 0 Å². The number of rotatable bonds is 1. The second kappa shape index (κ2) is 1.96. The largest absolute Gasteiger partial charge is 0.324 e. The van der Waals surface area contributed by atoms with Gasteiger partial charge in [0.05, 0.1) is 0 Å². The van der Waals surface area contributed by atoms with Gasteiger partial charge in [-0.05, 0) is 0 Å². The third kappa shape index (κ3) is 1.39. The normalized spacial score (nSPS) is 11.7. The van der Waals surface area contributed by atoms with Crippen molar-refractivity contribution in [3.63, 3.8) is 0 Å². The lowest BCUT2D eigenvalue weighted by Gasteiger charge is -1.79. The van der Waals surface area contributed by atoms with Crippen molar-refractivity contribution in [2.75, 3.05) is 0 Å². The van der Waals surface area contributed by atoms with Crippen LogP contribution in [0.5, 0.6) is 0 Å². The topological polar surface area (TPSA) is 73.1 Å². The van der Waals surface area contributed by atoms with Crippen molar-refractivity contribution in [1.29, 1.82) is 0 Å². The lowest BCUT2D eigenvalue weighted by atomic mass is 11.0. The van der Waals surface area contributed by atoms with Crippen molar-refractivity contribution >= 4 is 19.7 Å². The van der Waals surface area contributed by atoms with E-state index in [9.17, 15) is 8.42 Å². The van der Waals surface area contributed by atoms with Gasteiger partial charge in [0.15, 0.2) is 0 Å². The first-order valence-corrected chi connectivity index (χ1v) is 4.13.